The Morgan fingerprint density at radius 1 is 1.30 bits per heavy atom. The molecule has 0 aromatic heterocycles. The number of hydrogen-bond acceptors (Lipinski definition) is 4. The van der Waals surface area contributed by atoms with E-state index in [0.29, 0.717) is 13.0 Å². The minimum Gasteiger partial charge on any atom is -0.460 e. The van der Waals surface area contributed by atoms with Crippen LogP contribution in [-0.2, 0) is 9.53 Å². The van der Waals surface area contributed by atoms with Crippen molar-refractivity contribution in [2.24, 2.45) is 0 Å². The van der Waals surface area contributed by atoms with Gasteiger partial charge in [0.15, 0.2) is 0 Å². The second-order valence-corrected chi connectivity index (χ2v) is 6.82. The van der Waals surface area contributed by atoms with E-state index in [-0.39, 0.29) is 11.6 Å². The van der Waals surface area contributed by atoms with Gasteiger partial charge in [-0.1, -0.05) is 6.42 Å². The Kier molecular flexibility index (Phi) is 7.52. The van der Waals surface area contributed by atoms with Gasteiger partial charge in [0.05, 0.1) is 6.42 Å². The first-order valence-electron chi connectivity index (χ1n) is 8.05. The van der Waals surface area contributed by atoms with Gasteiger partial charge in [0.25, 0.3) is 0 Å². The minimum absolute atomic E-state index is 0.116. The zero-order valence-electron chi connectivity index (χ0n) is 13.7. The van der Waals surface area contributed by atoms with Crippen LogP contribution in [0, 0.1) is 0 Å². The summed E-state index contributed by atoms with van der Waals surface area (Å²) in [6.45, 7) is 12.1. The van der Waals surface area contributed by atoms with Crippen molar-refractivity contribution in [3.63, 3.8) is 0 Å². The molecular formula is C16H32N2O2. The highest BCUT2D eigenvalue weighted by atomic mass is 16.6. The van der Waals surface area contributed by atoms with Crippen molar-refractivity contribution in [3.05, 3.63) is 0 Å². The highest BCUT2D eigenvalue weighted by Crippen LogP contribution is 2.16. The van der Waals surface area contributed by atoms with E-state index in [1.165, 1.54) is 32.4 Å². The van der Waals surface area contributed by atoms with Gasteiger partial charge in [0, 0.05) is 12.6 Å². The molecule has 4 heteroatoms. The molecule has 1 rings (SSSR count). The molecule has 1 N–H and O–H groups in total. The molecule has 1 aliphatic heterocycles. The zero-order chi connectivity index (χ0) is 15.0. The maximum absolute atomic E-state index is 11.5. The minimum atomic E-state index is -0.374. The van der Waals surface area contributed by atoms with Crippen molar-refractivity contribution in [2.45, 2.75) is 71.4 Å². The molecule has 1 atom stereocenters. The lowest BCUT2D eigenvalue weighted by atomic mass is 10.0. The van der Waals surface area contributed by atoms with Crippen molar-refractivity contribution in [3.8, 4) is 0 Å². The first-order valence-corrected chi connectivity index (χ1v) is 8.05. The molecule has 0 aromatic carbocycles. The number of piperidine rings is 1. The van der Waals surface area contributed by atoms with E-state index in [4.69, 9.17) is 4.74 Å². The summed E-state index contributed by atoms with van der Waals surface area (Å²) in [5.74, 6) is -0.116. The van der Waals surface area contributed by atoms with Crippen LogP contribution in [-0.4, -0.2) is 48.7 Å². The predicted octanol–water partition coefficient (Wildman–Crippen LogP) is 2.57. The molecule has 1 fully saturated rings. The van der Waals surface area contributed by atoms with E-state index in [2.05, 4.69) is 17.1 Å². The number of ether oxygens (including phenoxy) is 1. The van der Waals surface area contributed by atoms with Crippen LogP contribution in [0.4, 0.5) is 0 Å². The molecule has 1 heterocycles. The lowest BCUT2D eigenvalue weighted by molar-refractivity contribution is -0.154. The Labute approximate surface area is 124 Å². The van der Waals surface area contributed by atoms with Crippen molar-refractivity contribution in [1.29, 1.82) is 0 Å². The van der Waals surface area contributed by atoms with Crippen molar-refractivity contribution >= 4 is 5.97 Å². The number of likely N-dealkylation sites (tertiary alicyclic amines) is 1. The van der Waals surface area contributed by atoms with Crippen LogP contribution in [0.25, 0.3) is 0 Å². The van der Waals surface area contributed by atoms with Gasteiger partial charge in [0.2, 0.25) is 0 Å². The van der Waals surface area contributed by atoms with Gasteiger partial charge >= 0.3 is 5.97 Å². The van der Waals surface area contributed by atoms with E-state index in [0.717, 1.165) is 19.0 Å². The van der Waals surface area contributed by atoms with Crippen molar-refractivity contribution in [1.82, 2.24) is 10.2 Å². The predicted molar refractivity (Wildman–Crippen MR) is 82.8 cm³/mol. The summed E-state index contributed by atoms with van der Waals surface area (Å²) >= 11 is 0. The smallest absolute Gasteiger partial charge is 0.307 e. The normalized spacial score (nSPS) is 20.9. The molecule has 0 saturated carbocycles. The number of nitrogens with zero attached hydrogens (tertiary/aromatic N) is 1. The van der Waals surface area contributed by atoms with Crippen LogP contribution >= 0.6 is 0 Å². The summed E-state index contributed by atoms with van der Waals surface area (Å²) in [4.78, 5) is 14.1. The highest BCUT2D eigenvalue weighted by molar-refractivity contribution is 5.70. The maximum Gasteiger partial charge on any atom is 0.307 e. The number of nitrogens with one attached hydrogen (secondary N) is 1. The third-order valence-electron chi connectivity index (χ3n) is 3.67. The number of rotatable bonds is 7. The maximum atomic E-state index is 11.5. The highest BCUT2D eigenvalue weighted by Gasteiger charge is 2.17. The van der Waals surface area contributed by atoms with Gasteiger partial charge in [-0.25, -0.2) is 0 Å². The molecular weight excluding hydrogens is 252 g/mol. The number of hydrogen-bond donors (Lipinski definition) is 1. The number of carbonyl (C=O) groups is 1. The summed E-state index contributed by atoms with van der Waals surface area (Å²) in [5, 5.41) is 3.33. The second kappa shape index (κ2) is 8.63. The van der Waals surface area contributed by atoms with E-state index >= 15 is 0 Å². The summed E-state index contributed by atoms with van der Waals surface area (Å²) in [6, 6.07) is 0.741. The fourth-order valence-electron chi connectivity index (χ4n) is 2.60. The van der Waals surface area contributed by atoms with E-state index in [9.17, 15) is 4.79 Å². The molecule has 0 radical (unpaired) electrons. The largest absolute Gasteiger partial charge is 0.460 e. The van der Waals surface area contributed by atoms with Crippen LogP contribution < -0.4 is 5.32 Å². The first-order chi connectivity index (χ1) is 9.38. The standard InChI is InChI=1S/C16H32N2O2/c1-14-8-5-6-12-18(14)13-7-10-17-11-9-15(19)20-16(2,3)4/h14,17H,5-13H2,1-4H3. The quantitative estimate of drug-likeness (QED) is 0.576. The average Bonchev–Trinajstić information content (AvgIpc) is 2.33. The van der Waals surface area contributed by atoms with Gasteiger partial charge in [-0.3, -0.25) is 4.79 Å². The van der Waals surface area contributed by atoms with E-state index in [1.807, 2.05) is 20.8 Å². The Morgan fingerprint density at radius 2 is 2.05 bits per heavy atom. The summed E-state index contributed by atoms with van der Waals surface area (Å²) in [7, 11) is 0. The zero-order valence-corrected chi connectivity index (χ0v) is 13.7. The van der Waals surface area contributed by atoms with E-state index in [1.54, 1.807) is 0 Å². The van der Waals surface area contributed by atoms with Gasteiger partial charge < -0.3 is 15.0 Å². The van der Waals surface area contributed by atoms with Crippen LogP contribution in [0.1, 0.15) is 59.8 Å². The number of carbonyl (C=O) groups excluding carboxylic acids is 1. The second-order valence-electron chi connectivity index (χ2n) is 6.82. The topological polar surface area (TPSA) is 41.6 Å². The van der Waals surface area contributed by atoms with Gasteiger partial charge in [-0.05, 0) is 66.6 Å². The Hall–Kier alpha value is -0.610. The molecule has 0 amide bonds. The Morgan fingerprint density at radius 3 is 2.70 bits per heavy atom. The summed E-state index contributed by atoms with van der Waals surface area (Å²) in [5.41, 5.74) is -0.374. The SMILES string of the molecule is CC1CCCCN1CCCNCCC(=O)OC(C)(C)C. The lowest BCUT2D eigenvalue weighted by Crippen LogP contribution is -2.39. The molecule has 0 aliphatic carbocycles. The van der Waals surface area contributed by atoms with E-state index < -0.39 is 0 Å². The van der Waals surface area contributed by atoms with Crippen LogP contribution in [0.2, 0.25) is 0 Å². The molecule has 20 heavy (non-hydrogen) atoms. The first kappa shape index (κ1) is 17.4. The third kappa shape index (κ3) is 7.85. The molecule has 4 nitrogen and oxygen atoms in total. The summed E-state index contributed by atoms with van der Waals surface area (Å²) in [6.07, 6.45) is 5.67. The molecule has 1 unspecified atom stereocenters. The van der Waals surface area contributed by atoms with Crippen LogP contribution in [0.3, 0.4) is 0 Å². The molecule has 1 aliphatic rings. The Balaban J connectivity index is 1.98. The van der Waals surface area contributed by atoms with Crippen LogP contribution in [0.15, 0.2) is 0 Å². The lowest BCUT2D eigenvalue weighted by Gasteiger charge is -2.33. The van der Waals surface area contributed by atoms with Gasteiger partial charge in [-0.15, -0.1) is 0 Å². The van der Waals surface area contributed by atoms with Crippen LogP contribution in [0.5, 0.6) is 0 Å². The summed E-state index contributed by atoms with van der Waals surface area (Å²) < 4.78 is 5.27. The molecule has 1 saturated heterocycles. The van der Waals surface area contributed by atoms with Gasteiger partial charge in [0.1, 0.15) is 5.60 Å². The molecule has 118 valence electrons. The Bertz CT molecular complexity index is 287. The fraction of sp³-hybridized carbons (Fsp3) is 0.938. The third-order valence-corrected chi connectivity index (χ3v) is 3.67. The average molecular weight is 284 g/mol. The van der Waals surface area contributed by atoms with Crippen molar-refractivity contribution in [2.75, 3.05) is 26.2 Å². The fourth-order valence-corrected chi connectivity index (χ4v) is 2.60. The number of esters is 1. The molecule has 0 spiro atoms. The van der Waals surface area contributed by atoms with Gasteiger partial charge in [-0.2, -0.15) is 0 Å². The monoisotopic (exact) mass is 284 g/mol. The molecule has 0 aromatic rings. The van der Waals surface area contributed by atoms with Crippen molar-refractivity contribution < 1.29 is 9.53 Å². The molecule has 0 bridgehead atoms.